The molecule has 6 nitrogen and oxygen atoms in total. The third kappa shape index (κ3) is 4.85. The van der Waals surface area contributed by atoms with E-state index in [2.05, 4.69) is 10.3 Å². The average molecular weight is 358 g/mol. The highest BCUT2D eigenvalue weighted by atomic mass is 16.5. The van der Waals surface area contributed by atoms with E-state index < -0.39 is 0 Å². The van der Waals surface area contributed by atoms with Gasteiger partial charge in [-0.2, -0.15) is 0 Å². The lowest BCUT2D eigenvalue weighted by Crippen LogP contribution is -2.38. The van der Waals surface area contributed by atoms with Crippen molar-refractivity contribution < 1.29 is 18.7 Å². The number of nitrogens with zero attached hydrogens (tertiary/aromatic N) is 1. The zero-order valence-corrected chi connectivity index (χ0v) is 15.4. The molecular formula is C20H26N2O4. The van der Waals surface area contributed by atoms with Crippen LogP contribution in [-0.4, -0.2) is 30.6 Å². The number of oxazole rings is 1. The number of aromatic nitrogens is 1. The van der Waals surface area contributed by atoms with Crippen LogP contribution in [0, 0.1) is 6.92 Å². The Morgan fingerprint density at radius 2 is 1.96 bits per heavy atom. The van der Waals surface area contributed by atoms with Crippen LogP contribution in [0.1, 0.15) is 43.6 Å². The van der Waals surface area contributed by atoms with E-state index >= 15 is 0 Å². The third-order valence-electron chi connectivity index (χ3n) is 4.67. The molecule has 0 unspecified atom stereocenters. The molecule has 1 saturated carbocycles. The van der Waals surface area contributed by atoms with E-state index in [1.54, 1.807) is 7.11 Å². The topological polar surface area (TPSA) is 73.6 Å². The Morgan fingerprint density at radius 1 is 1.23 bits per heavy atom. The number of amides is 1. The van der Waals surface area contributed by atoms with Crippen molar-refractivity contribution in [3.8, 4) is 17.2 Å². The van der Waals surface area contributed by atoms with Gasteiger partial charge in [-0.3, -0.25) is 4.79 Å². The molecule has 1 aromatic heterocycles. The summed E-state index contributed by atoms with van der Waals surface area (Å²) in [5.41, 5.74) is 1.58. The Bertz CT molecular complexity index is 718. The maximum absolute atomic E-state index is 12.0. The van der Waals surface area contributed by atoms with E-state index in [0.717, 1.165) is 24.2 Å². The molecule has 6 heteroatoms. The summed E-state index contributed by atoms with van der Waals surface area (Å²) in [4.78, 5) is 16.5. The number of carbonyl (C=O) groups is 1. The van der Waals surface area contributed by atoms with Gasteiger partial charge in [0.1, 0.15) is 23.8 Å². The standard InChI is InChI=1S/C20H26N2O4/c1-14-18(12-25-13-19(23)21-16-6-4-3-5-7-16)22-20(26-14)15-8-10-17(24-2)11-9-15/h8-11,16H,3-7,12-13H2,1-2H3,(H,21,23). The molecule has 0 saturated heterocycles. The molecule has 1 aliphatic rings. The second-order valence-corrected chi connectivity index (χ2v) is 6.65. The number of aryl methyl sites for hydroxylation is 1. The summed E-state index contributed by atoms with van der Waals surface area (Å²) in [5.74, 6) is 1.96. The van der Waals surface area contributed by atoms with E-state index in [0.29, 0.717) is 23.4 Å². The van der Waals surface area contributed by atoms with Crippen molar-refractivity contribution in [2.24, 2.45) is 0 Å². The molecular weight excluding hydrogens is 332 g/mol. The number of hydrogen-bond donors (Lipinski definition) is 1. The highest BCUT2D eigenvalue weighted by Gasteiger charge is 2.16. The third-order valence-corrected chi connectivity index (χ3v) is 4.67. The van der Waals surface area contributed by atoms with Gasteiger partial charge in [0.15, 0.2) is 0 Å². The zero-order chi connectivity index (χ0) is 18.4. The van der Waals surface area contributed by atoms with E-state index in [9.17, 15) is 4.79 Å². The van der Waals surface area contributed by atoms with Gasteiger partial charge in [-0.1, -0.05) is 19.3 Å². The number of methoxy groups -OCH3 is 1. The molecule has 1 fully saturated rings. The molecule has 1 amide bonds. The van der Waals surface area contributed by atoms with Crippen LogP contribution in [0.2, 0.25) is 0 Å². The monoisotopic (exact) mass is 358 g/mol. The number of benzene rings is 1. The summed E-state index contributed by atoms with van der Waals surface area (Å²) < 4.78 is 16.4. The lowest BCUT2D eigenvalue weighted by Gasteiger charge is -2.22. The summed E-state index contributed by atoms with van der Waals surface area (Å²) in [5, 5.41) is 3.04. The van der Waals surface area contributed by atoms with Crippen LogP contribution >= 0.6 is 0 Å². The Labute approximate surface area is 153 Å². The molecule has 1 aliphatic carbocycles. The molecule has 26 heavy (non-hydrogen) atoms. The van der Waals surface area contributed by atoms with Crippen LogP contribution in [0.4, 0.5) is 0 Å². The Morgan fingerprint density at radius 3 is 2.65 bits per heavy atom. The van der Waals surface area contributed by atoms with Gasteiger partial charge < -0.3 is 19.2 Å². The second kappa shape index (κ2) is 8.85. The van der Waals surface area contributed by atoms with Gasteiger partial charge in [-0.15, -0.1) is 0 Å². The van der Waals surface area contributed by atoms with Gasteiger partial charge in [-0.05, 0) is 44.0 Å². The number of carbonyl (C=O) groups excluding carboxylic acids is 1. The molecule has 0 aliphatic heterocycles. The van der Waals surface area contributed by atoms with Gasteiger partial charge in [0.05, 0.1) is 13.7 Å². The van der Waals surface area contributed by atoms with Crippen molar-refractivity contribution in [3.05, 3.63) is 35.7 Å². The largest absolute Gasteiger partial charge is 0.497 e. The van der Waals surface area contributed by atoms with Crippen LogP contribution in [0.15, 0.2) is 28.7 Å². The first-order valence-electron chi connectivity index (χ1n) is 9.13. The summed E-state index contributed by atoms with van der Waals surface area (Å²) in [7, 11) is 1.63. The SMILES string of the molecule is COc1ccc(-c2nc(COCC(=O)NC3CCCCC3)c(C)o2)cc1. The van der Waals surface area contributed by atoms with Crippen LogP contribution in [0.5, 0.6) is 5.75 Å². The minimum Gasteiger partial charge on any atom is -0.497 e. The van der Waals surface area contributed by atoms with Crippen molar-refractivity contribution in [2.75, 3.05) is 13.7 Å². The average Bonchev–Trinajstić information content (AvgIpc) is 3.03. The first kappa shape index (κ1) is 18.5. The van der Waals surface area contributed by atoms with Gasteiger partial charge >= 0.3 is 0 Å². The Balaban J connectivity index is 1.50. The lowest BCUT2D eigenvalue weighted by molar-refractivity contribution is -0.127. The first-order chi connectivity index (χ1) is 12.7. The number of ether oxygens (including phenoxy) is 2. The second-order valence-electron chi connectivity index (χ2n) is 6.65. The number of rotatable bonds is 7. The first-order valence-corrected chi connectivity index (χ1v) is 9.13. The fraction of sp³-hybridized carbons (Fsp3) is 0.500. The van der Waals surface area contributed by atoms with Gasteiger partial charge in [-0.25, -0.2) is 4.98 Å². The maximum atomic E-state index is 12.0. The van der Waals surface area contributed by atoms with E-state index in [4.69, 9.17) is 13.9 Å². The molecule has 1 heterocycles. The van der Waals surface area contributed by atoms with Crippen molar-refractivity contribution in [1.29, 1.82) is 0 Å². The minimum absolute atomic E-state index is 0.0423. The summed E-state index contributed by atoms with van der Waals surface area (Å²) in [6, 6.07) is 7.82. The van der Waals surface area contributed by atoms with Crippen molar-refractivity contribution in [2.45, 2.75) is 51.7 Å². The van der Waals surface area contributed by atoms with Crippen molar-refractivity contribution in [3.63, 3.8) is 0 Å². The van der Waals surface area contributed by atoms with E-state index in [1.807, 2.05) is 31.2 Å². The van der Waals surface area contributed by atoms with Crippen LogP contribution in [-0.2, 0) is 16.1 Å². The molecule has 0 bridgehead atoms. The lowest BCUT2D eigenvalue weighted by atomic mass is 9.95. The predicted molar refractivity (Wildman–Crippen MR) is 97.9 cm³/mol. The minimum atomic E-state index is -0.0616. The van der Waals surface area contributed by atoms with Crippen molar-refractivity contribution >= 4 is 5.91 Å². The smallest absolute Gasteiger partial charge is 0.246 e. The van der Waals surface area contributed by atoms with Crippen LogP contribution < -0.4 is 10.1 Å². The highest BCUT2D eigenvalue weighted by molar-refractivity contribution is 5.77. The molecule has 1 aromatic carbocycles. The van der Waals surface area contributed by atoms with Crippen molar-refractivity contribution in [1.82, 2.24) is 10.3 Å². The summed E-state index contributed by atoms with van der Waals surface area (Å²) in [6.45, 7) is 2.14. The molecule has 1 N–H and O–H groups in total. The molecule has 3 rings (SSSR count). The number of nitrogens with one attached hydrogen (secondary N) is 1. The molecule has 140 valence electrons. The Kier molecular flexibility index (Phi) is 6.28. The van der Waals surface area contributed by atoms with Gasteiger partial charge in [0.25, 0.3) is 0 Å². The van der Waals surface area contributed by atoms with Gasteiger partial charge in [0.2, 0.25) is 11.8 Å². The molecule has 0 radical (unpaired) electrons. The van der Waals surface area contributed by atoms with Crippen LogP contribution in [0.3, 0.4) is 0 Å². The van der Waals surface area contributed by atoms with Gasteiger partial charge in [0, 0.05) is 11.6 Å². The van der Waals surface area contributed by atoms with Crippen LogP contribution in [0.25, 0.3) is 11.5 Å². The maximum Gasteiger partial charge on any atom is 0.246 e. The quantitative estimate of drug-likeness (QED) is 0.818. The summed E-state index contributed by atoms with van der Waals surface area (Å²) >= 11 is 0. The molecule has 2 aromatic rings. The van der Waals surface area contributed by atoms with E-state index in [-0.39, 0.29) is 19.1 Å². The summed E-state index contributed by atoms with van der Waals surface area (Å²) in [6.07, 6.45) is 5.79. The van der Waals surface area contributed by atoms with E-state index in [1.165, 1.54) is 19.3 Å². The fourth-order valence-corrected chi connectivity index (χ4v) is 3.18. The predicted octanol–water partition coefficient (Wildman–Crippen LogP) is 3.62. The normalized spacial score (nSPS) is 15.0. The zero-order valence-electron chi connectivity index (χ0n) is 15.4. The number of hydrogen-bond acceptors (Lipinski definition) is 5. The highest BCUT2D eigenvalue weighted by Crippen LogP contribution is 2.24. The fourth-order valence-electron chi connectivity index (χ4n) is 3.18. The molecule has 0 atom stereocenters. The molecule has 0 spiro atoms. The Hall–Kier alpha value is -2.34.